The van der Waals surface area contributed by atoms with Crippen LogP contribution in [0.4, 0.5) is 4.39 Å². The lowest BCUT2D eigenvalue weighted by molar-refractivity contribution is -0.142. The zero-order valence-corrected chi connectivity index (χ0v) is 16.4. The molecule has 2 rings (SSSR count). The van der Waals surface area contributed by atoms with E-state index >= 15 is 0 Å². The van der Waals surface area contributed by atoms with Gasteiger partial charge in [-0.25, -0.2) is 9.37 Å². The zero-order chi connectivity index (χ0) is 20.1. The van der Waals surface area contributed by atoms with Crippen LogP contribution in [0.15, 0.2) is 23.6 Å². The molecule has 3 N–H and O–H groups in total. The predicted octanol–water partition coefficient (Wildman–Crippen LogP) is 3.69. The van der Waals surface area contributed by atoms with E-state index in [4.69, 9.17) is 11.6 Å². The Morgan fingerprint density at radius 2 is 1.93 bits per heavy atom. The average Bonchev–Trinajstić information content (AvgIpc) is 3.04. The summed E-state index contributed by atoms with van der Waals surface area (Å²) in [5.74, 6) is -2.67. The first kappa shape index (κ1) is 21.3. The Kier molecular flexibility index (Phi) is 7.29. The topological polar surface area (TPSA) is 99.5 Å². The van der Waals surface area contributed by atoms with Gasteiger partial charge in [-0.2, -0.15) is 0 Å². The van der Waals surface area contributed by atoms with Crippen LogP contribution in [0, 0.1) is 11.7 Å². The van der Waals surface area contributed by atoms with Crippen molar-refractivity contribution in [2.75, 3.05) is 0 Å². The van der Waals surface area contributed by atoms with E-state index in [1.807, 2.05) is 13.8 Å². The van der Waals surface area contributed by atoms with Crippen molar-refractivity contribution < 1.29 is 24.2 Å². The van der Waals surface area contributed by atoms with Crippen LogP contribution >= 0.6 is 22.9 Å². The van der Waals surface area contributed by atoms with E-state index in [9.17, 15) is 24.2 Å². The molecule has 1 heterocycles. The third-order valence-electron chi connectivity index (χ3n) is 3.84. The molecule has 146 valence electrons. The van der Waals surface area contributed by atoms with Gasteiger partial charge in [0, 0.05) is 17.4 Å². The molecule has 1 unspecified atom stereocenters. The molecule has 1 aromatic heterocycles. The number of rotatable bonds is 9. The summed E-state index contributed by atoms with van der Waals surface area (Å²) in [5.41, 5.74) is 1.13. The second kappa shape index (κ2) is 9.25. The first-order valence-electron chi connectivity index (χ1n) is 8.28. The Balaban J connectivity index is 2.15. The molecule has 0 saturated carbocycles. The highest BCUT2D eigenvalue weighted by molar-refractivity contribution is 7.13. The normalized spacial score (nSPS) is 13.5. The van der Waals surface area contributed by atoms with Crippen LogP contribution in [-0.2, 0) is 16.0 Å². The van der Waals surface area contributed by atoms with Crippen LogP contribution in [0.2, 0.25) is 5.02 Å². The first-order valence-corrected chi connectivity index (χ1v) is 9.54. The van der Waals surface area contributed by atoms with Gasteiger partial charge in [0.05, 0.1) is 10.7 Å². The molecule has 0 fully saturated rings. The molecule has 6 nitrogen and oxygen atoms in total. The van der Waals surface area contributed by atoms with Gasteiger partial charge in [0.25, 0.3) is 0 Å². The molecule has 1 aromatic carbocycles. The number of aliphatic carboxylic acids is 2. The summed E-state index contributed by atoms with van der Waals surface area (Å²) in [6.07, 6.45) is 0.345. The van der Waals surface area contributed by atoms with Gasteiger partial charge in [0.15, 0.2) is 0 Å². The second-order valence-electron chi connectivity index (χ2n) is 6.55. The Morgan fingerprint density at radius 1 is 1.26 bits per heavy atom. The van der Waals surface area contributed by atoms with Crippen LogP contribution in [0.3, 0.4) is 0 Å². The van der Waals surface area contributed by atoms with Crippen molar-refractivity contribution in [1.29, 1.82) is 0 Å². The van der Waals surface area contributed by atoms with Crippen molar-refractivity contribution in [1.82, 2.24) is 10.3 Å². The predicted molar refractivity (Wildman–Crippen MR) is 102 cm³/mol. The number of carboxylic acids is 2. The lowest BCUT2D eigenvalue weighted by Gasteiger charge is -2.21. The van der Waals surface area contributed by atoms with Crippen LogP contribution in [0.1, 0.15) is 26.0 Å². The number of hydrogen-bond donors (Lipinski definition) is 3. The van der Waals surface area contributed by atoms with Crippen molar-refractivity contribution in [3.8, 4) is 10.6 Å². The molecule has 2 atom stereocenters. The fourth-order valence-corrected chi connectivity index (χ4v) is 3.55. The van der Waals surface area contributed by atoms with Crippen molar-refractivity contribution in [2.24, 2.45) is 5.92 Å². The minimum Gasteiger partial charge on any atom is -0.480 e. The number of carboxylic acid groups (broad SMARTS) is 2. The van der Waals surface area contributed by atoms with Crippen LogP contribution < -0.4 is 5.32 Å². The highest BCUT2D eigenvalue weighted by Gasteiger charge is 2.27. The molecule has 0 saturated heterocycles. The lowest BCUT2D eigenvalue weighted by atomic mass is 10.0. The van der Waals surface area contributed by atoms with E-state index in [2.05, 4.69) is 10.3 Å². The van der Waals surface area contributed by atoms with Crippen LogP contribution in [-0.4, -0.2) is 39.2 Å². The number of nitrogens with one attached hydrogen (secondary N) is 1. The van der Waals surface area contributed by atoms with Crippen molar-refractivity contribution in [3.63, 3.8) is 0 Å². The van der Waals surface area contributed by atoms with Gasteiger partial charge >= 0.3 is 11.9 Å². The minimum atomic E-state index is -1.15. The Hall–Kier alpha value is -2.03. The molecule has 0 bridgehead atoms. The molecule has 0 amide bonds. The minimum absolute atomic E-state index is 0.0210. The Bertz CT molecular complexity index is 827. The van der Waals surface area contributed by atoms with E-state index in [0.29, 0.717) is 22.7 Å². The van der Waals surface area contributed by atoms with Gasteiger partial charge in [0.2, 0.25) is 0 Å². The summed E-state index contributed by atoms with van der Waals surface area (Å²) in [6.45, 7) is 3.74. The standard InChI is InChI=1S/C18H20ClFN2O4S/c1-9(2)5-14(17(23)24)22-15(18(25)26)7-11-8-27-16(21-11)10-3-4-13(20)12(19)6-10/h3-4,6,8-9,14-15,22H,5,7H2,1-2H3,(H,23,24)(H,25,26)/t14-,15?/m0/s1. The number of nitrogens with zero attached hydrogens (tertiary/aromatic N) is 1. The van der Waals surface area contributed by atoms with Crippen molar-refractivity contribution in [2.45, 2.75) is 38.8 Å². The van der Waals surface area contributed by atoms with E-state index in [1.165, 1.54) is 23.5 Å². The number of halogens is 2. The summed E-state index contributed by atoms with van der Waals surface area (Å²) >= 11 is 7.06. The van der Waals surface area contributed by atoms with Gasteiger partial charge in [-0.1, -0.05) is 25.4 Å². The third kappa shape index (κ3) is 5.98. The first-order chi connectivity index (χ1) is 12.7. The van der Waals surface area contributed by atoms with E-state index < -0.39 is 29.8 Å². The van der Waals surface area contributed by atoms with Gasteiger partial charge in [-0.3, -0.25) is 14.9 Å². The monoisotopic (exact) mass is 414 g/mol. The summed E-state index contributed by atoms with van der Waals surface area (Å²) in [6, 6.07) is 2.19. The van der Waals surface area contributed by atoms with E-state index in [0.717, 1.165) is 0 Å². The van der Waals surface area contributed by atoms with Gasteiger partial charge < -0.3 is 10.2 Å². The van der Waals surface area contributed by atoms with Gasteiger partial charge in [-0.05, 0) is 30.5 Å². The third-order valence-corrected chi connectivity index (χ3v) is 5.07. The highest BCUT2D eigenvalue weighted by atomic mass is 35.5. The molecule has 0 aliphatic carbocycles. The summed E-state index contributed by atoms with van der Waals surface area (Å²) in [4.78, 5) is 27.3. The number of hydrogen-bond acceptors (Lipinski definition) is 5. The quantitative estimate of drug-likeness (QED) is 0.578. The maximum atomic E-state index is 13.3. The second-order valence-corrected chi connectivity index (χ2v) is 7.82. The average molecular weight is 415 g/mol. The number of thiazole rings is 1. The molecule has 0 aliphatic rings. The fourth-order valence-electron chi connectivity index (χ4n) is 2.54. The fraction of sp³-hybridized carbons (Fsp3) is 0.389. The van der Waals surface area contributed by atoms with Crippen LogP contribution in [0.25, 0.3) is 10.6 Å². The molecule has 0 radical (unpaired) electrons. The summed E-state index contributed by atoms with van der Waals surface area (Å²) in [5, 5.41) is 23.7. The lowest BCUT2D eigenvalue weighted by Crippen LogP contribution is -2.48. The largest absolute Gasteiger partial charge is 0.480 e. The Labute approximate surface area is 165 Å². The molecule has 2 aromatic rings. The summed E-state index contributed by atoms with van der Waals surface area (Å²) in [7, 11) is 0. The van der Waals surface area contributed by atoms with Gasteiger partial charge in [0.1, 0.15) is 22.9 Å². The SMILES string of the molecule is CC(C)C[C@H](NC(Cc1csc(-c2ccc(F)c(Cl)c2)n1)C(=O)O)C(=O)O. The molecular weight excluding hydrogens is 395 g/mol. The van der Waals surface area contributed by atoms with Crippen molar-refractivity contribution >= 4 is 34.9 Å². The zero-order valence-electron chi connectivity index (χ0n) is 14.8. The maximum absolute atomic E-state index is 13.3. The number of carbonyl (C=O) groups is 2. The van der Waals surface area contributed by atoms with E-state index in [1.54, 1.807) is 11.4 Å². The molecule has 0 spiro atoms. The number of aromatic nitrogens is 1. The molecular formula is C18H20ClFN2O4S. The molecule has 9 heteroatoms. The Morgan fingerprint density at radius 3 is 2.48 bits per heavy atom. The highest BCUT2D eigenvalue weighted by Crippen LogP contribution is 2.28. The van der Waals surface area contributed by atoms with Crippen LogP contribution in [0.5, 0.6) is 0 Å². The van der Waals surface area contributed by atoms with Crippen molar-refractivity contribution in [3.05, 3.63) is 40.1 Å². The molecule has 27 heavy (non-hydrogen) atoms. The summed E-state index contributed by atoms with van der Waals surface area (Å²) < 4.78 is 13.3. The number of benzene rings is 1. The smallest absolute Gasteiger partial charge is 0.321 e. The van der Waals surface area contributed by atoms with E-state index in [-0.39, 0.29) is 17.4 Å². The maximum Gasteiger partial charge on any atom is 0.321 e. The van der Waals surface area contributed by atoms with Gasteiger partial charge in [-0.15, -0.1) is 11.3 Å². The molecule has 0 aliphatic heterocycles.